The van der Waals surface area contributed by atoms with Crippen LogP contribution in [0.1, 0.15) is 34.1 Å². The van der Waals surface area contributed by atoms with Gasteiger partial charge in [0.1, 0.15) is 0 Å². The Labute approximate surface area is 130 Å². The molecule has 7 heteroatoms. The average Bonchev–Trinajstić information content (AvgIpc) is 2.69. The van der Waals surface area contributed by atoms with Gasteiger partial charge in [0, 0.05) is 10.6 Å². The summed E-state index contributed by atoms with van der Waals surface area (Å²) in [6, 6.07) is 3.70. The Morgan fingerprint density at radius 3 is 2.48 bits per heavy atom. The molecule has 1 heterocycles. The number of aromatic nitrogens is 1. The van der Waals surface area contributed by atoms with Gasteiger partial charge < -0.3 is 5.32 Å². The van der Waals surface area contributed by atoms with Crippen molar-refractivity contribution < 1.29 is 13.2 Å². The normalized spacial score (nSPS) is 13.3. The van der Waals surface area contributed by atoms with Crippen LogP contribution in [0.15, 0.2) is 18.2 Å². The summed E-state index contributed by atoms with van der Waals surface area (Å²) in [6.07, 6.45) is -4.46. The molecule has 2 aromatic rings. The zero-order valence-electron chi connectivity index (χ0n) is 11.7. The fourth-order valence-electron chi connectivity index (χ4n) is 2.10. The average molecular weight is 335 g/mol. The summed E-state index contributed by atoms with van der Waals surface area (Å²) in [7, 11) is 0. The first-order chi connectivity index (χ1) is 9.68. The molecular weight excluding hydrogens is 321 g/mol. The molecule has 1 unspecified atom stereocenters. The Bertz CT molecular complexity index is 652. The van der Waals surface area contributed by atoms with E-state index in [0.29, 0.717) is 5.69 Å². The van der Waals surface area contributed by atoms with Crippen molar-refractivity contribution in [2.24, 2.45) is 0 Å². The molecule has 0 radical (unpaired) electrons. The van der Waals surface area contributed by atoms with E-state index in [2.05, 4.69) is 10.3 Å². The van der Waals surface area contributed by atoms with E-state index in [4.69, 9.17) is 11.6 Å². The molecule has 0 aliphatic carbocycles. The molecule has 0 saturated heterocycles. The number of alkyl halides is 3. The number of anilines is 1. The van der Waals surface area contributed by atoms with Gasteiger partial charge >= 0.3 is 6.18 Å². The molecular formula is C14H14ClF3N2S. The van der Waals surface area contributed by atoms with Gasteiger partial charge in [-0.2, -0.15) is 13.2 Å². The van der Waals surface area contributed by atoms with Gasteiger partial charge in [-0.3, -0.25) is 0 Å². The predicted molar refractivity (Wildman–Crippen MR) is 80.1 cm³/mol. The van der Waals surface area contributed by atoms with Crippen LogP contribution in [-0.4, -0.2) is 4.98 Å². The van der Waals surface area contributed by atoms with Crippen LogP contribution in [0.2, 0.25) is 5.02 Å². The summed E-state index contributed by atoms with van der Waals surface area (Å²) in [5, 5.41) is 3.70. The molecule has 114 valence electrons. The minimum absolute atomic E-state index is 0.126. The largest absolute Gasteiger partial charge is 0.417 e. The van der Waals surface area contributed by atoms with Crippen molar-refractivity contribution in [3.8, 4) is 0 Å². The molecule has 0 bridgehead atoms. The van der Waals surface area contributed by atoms with Crippen molar-refractivity contribution in [1.82, 2.24) is 4.98 Å². The number of hydrogen-bond acceptors (Lipinski definition) is 3. The Morgan fingerprint density at radius 2 is 1.95 bits per heavy atom. The Kier molecular flexibility index (Phi) is 4.49. The SMILES string of the molecule is Cc1nc(C)c(C(C)Nc2ccc(Cl)c(C(F)(F)F)c2)s1. The first kappa shape index (κ1) is 16.1. The van der Waals surface area contributed by atoms with Crippen molar-refractivity contribution >= 4 is 28.6 Å². The molecule has 0 aliphatic heterocycles. The minimum Gasteiger partial charge on any atom is -0.378 e. The second-order valence-electron chi connectivity index (χ2n) is 4.74. The molecule has 2 nitrogen and oxygen atoms in total. The summed E-state index contributed by atoms with van der Waals surface area (Å²) in [4.78, 5) is 5.33. The van der Waals surface area contributed by atoms with E-state index in [1.54, 1.807) is 0 Å². The highest BCUT2D eigenvalue weighted by molar-refractivity contribution is 7.11. The maximum atomic E-state index is 12.8. The lowest BCUT2D eigenvalue weighted by atomic mass is 10.1. The molecule has 21 heavy (non-hydrogen) atoms. The Morgan fingerprint density at radius 1 is 1.29 bits per heavy atom. The van der Waals surface area contributed by atoms with Crippen LogP contribution < -0.4 is 5.32 Å². The fraction of sp³-hybridized carbons (Fsp3) is 0.357. The first-order valence-corrected chi connectivity index (χ1v) is 7.45. The number of thiazole rings is 1. The van der Waals surface area contributed by atoms with Crippen LogP contribution in [0, 0.1) is 13.8 Å². The van der Waals surface area contributed by atoms with E-state index in [-0.39, 0.29) is 11.1 Å². The topological polar surface area (TPSA) is 24.9 Å². The van der Waals surface area contributed by atoms with E-state index in [0.717, 1.165) is 21.6 Å². The number of aryl methyl sites for hydroxylation is 2. The summed E-state index contributed by atoms with van der Waals surface area (Å²) >= 11 is 7.14. The summed E-state index contributed by atoms with van der Waals surface area (Å²) in [5.41, 5.74) is 0.436. The molecule has 0 spiro atoms. The second-order valence-corrected chi connectivity index (χ2v) is 6.38. The van der Waals surface area contributed by atoms with E-state index in [1.165, 1.54) is 23.5 Å². The molecule has 1 atom stereocenters. The molecule has 1 aromatic heterocycles. The molecule has 0 amide bonds. The number of nitrogens with one attached hydrogen (secondary N) is 1. The smallest absolute Gasteiger partial charge is 0.378 e. The van der Waals surface area contributed by atoms with Gasteiger partial charge in [0.05, 0.1) is 27.3 Å². The molecule has 1 N–H and O–H groups in total. The third-order valence-electron chi connectivity index (χ3n) is 2.99. The lowest BCUT2D eigenvalue weighted by molar-refractivity contribution is -0.137. The second kappa shape index (κ2) is 5.85. The molecule has 0 fully saturated rings. The van der Waals surface area contributed by atoms with Gasteiger partial charge in [-0.05, 0) is 39.0 Å². The van der Waals surface area contributed by atoms with Gasteiger partial charge in [-0.25, -0.2) is 4.98 Å². The quantitative estimate of drug-likeness (QED) is 0.789. The predicted octanol–water partition coefficient (Wildman–Crippen LogP) is 5.61. The summed E-state index contributed by atoms with van der Waals surface area (Å²) in [6.45, 7) is 5.68. The fourth-order valence-corrected chi connectivity index (χ4v) is 3.25. The van der Waals surface area contributed by atoms with Crippen molar-refractivity contribution in [2.75, 3.05) is 5.32 Å². The monoisotopic (exact) mass is 334 g/mol. The third kappa shape index (κ3) is 3.68. The van der Waals surface area contributed by atoms with Gasteiger partial charge in [-0.1, -0.05) is 11.6 Å². The van der Waals surface area contributed by atoms with Crippen molar-refractivity contribution in [1.29, 1.82) is 0 Å². The zero-order valence-corrected chi connectivity index (χ0v) is 13.2. The van der Waals surface area contributed by atoms with Crippen LogP contribution in [0.3, 0.4) is 0 Å². The van der Waals surface area contributed by atoms with Crippen molar-refractivity contribution in [3.05, 3.63) is 44.4 Å². The zero-order chi connectivity index (χ0) is 15.8. The number of rotatable bonds is 3. The summed E-state index contributed by atoms with van der Waals surface area (Å²) < 4.78 is 38.5. The van der Waals surface area contributed by atoms with Crippen LogP contribution >= 0.6 is 22.9 Å². The molecule has 1 aromatic carbocycles. The molecule has 0 aliphatic rings. The Balaban J connectivity index is 2.26. The highest BCUT2D eigenvalue weighted by Gasteiger charge is 2.33. The van der Waals surface area contributed by atoms with Crippen LogP contribution in [0.5, 0.6) is 0 Å². The standard InChI is InChI=1S/C14H14ClF3N2S/c1-7-13(21-9(3)19-7)8(2)20-10-4-5-12(15)11(6-10)14(16,17)18/h4-6,8,20H,1-3H3. The van der Waals surface area contributed by atoms with Crippen molar-refractivity contribution in [2.45, 2.75) is 33.0 Å². The third-order valence-corrected chi connectivity index (χ3v) is 4.57. The van der Waals surface area contributed by atoms with E-state index >= 15 is 0 Å². The maximum absolute atomic E-state index is 12.8. The van der Waals surface area contributed by atoms with Gasteiger partial charge in [0.2, 0.25) is 0 Å². The maximum Gasteiger partial charge on any atom is 0.417 e. The van der Waals surface area contributed by atoms with E-state index in [9.17, 15) is 13.2 Å². The molecule has 2 rings (SSSR count). The highest BCUT2D eigenvalue weighted by atomic mass is 35.5. The van der Waals surface area contributed by atoms with Crippen LogP contribution in [0.25, 0.3) is 0 Å². The van der Waals surface area contributed by atoms with Crippen LogP contribution in [0.4, 0.5) is 18.9 Å². The first-order valence-electron chi connectivity index (χ1n) is 6.25. The summed E-state index contributed by atoms with van der Waals surface area (Å²) in [5.74, 6) is 0. The van der Waals surface area contributed by atoms with Crippen LogP contribution in [-0.2, 0) is 6.18 Å². The van der Waals surface area contributed by atoms with Gasteiger partial charge in [-0.15, -0.1) is 11.3 Å². The van der Waals surface area contributed by atoms with E-state index in [1.807, 2.05) is 20.8 Å². The number of hydrogen-bond donors (Lipinski definition) is 1. The minimum atomic E-state index is -4.46. The number of halogens is 4. The Hall–Kier alpha value is -1.27. The number of benzene rings is 1. The van der Waals surface area contributed by atoms with Gasteiger partial charge in [0.25, 0.3) is 0 Å². The lowest BCUT2D eigenvalue weighted by Crippen LogP contribution is -2.10. The lowest BCUT2D eigenvalue weighted by Gasteiger charge is -2.16. The van der Waals surface area contributed by atoms with E-state index < -0.39 is 11.7 Å². The van der Waals surface area contributed by atoms with Gasteiger partial charge in [0.15, 0.2) is 0 Å². The van der Waals surface area contributed by atoms with Crippen molar-refractivity contribution in [3.63, 3.8) is 0 Å². The number of nitrogens with zero attached hydrogens (tertiary/aromatic N) is 1. The highest BCUT2D eigenvalue weighted by Crippen LogP contribution is 2.37. The molecule has 0 saturated carbocycles.